The van der Waals surface area contributed by atoms with E-state index in [1.54, 1.807) is 11.3 Å². The first-order valence-electron chi connectivity index (χ1n) is 4.50. The summed E-state index contributed by atoms with van der Waals surface area (Å²) in [7, 11) is 0. The van der Waals surface area contributed by atoms with Crippen molar-refractivity contribution in [2.75, 3.05) is 5.75 Å². The van der Waals surface area contributed by atoms with Crippen molar-refractivity contribution in [3.63, 3.8) is 0 Å². The quantitative estimate of drug-likeness (QED) is 0.771. The fourth-order valence-corrected chi connectivity index (χ4v) is 2.86. The van der Waals surface area contributed by atoms with E-state index in [-0.39, 0.29) is 12.4 Å². The first kappa shape index (κ1) is 12.6. The van der Waals surface area contributed by atoms with Crippen molar-refractivity contribution in [3.05, 3.63) is 47.6 Å². The average molecular weight is 258 g/mol. The van der Waals surface area contributed by atoms with E-state index in [9.17, 15) is 0 Å². The molecule has 1 aromatic heterocycles. The Morgan fingerprint density at radius 3 is 2.67 bits per heavy atom. The molecule has 0 aliphatic carbocycles. The van der Waals surface area contributed by atoms with Gasteiger partial charge in [0.1, 0.15) is 0 Å². The second-order valence-corrected chi connectivity index (χ2v) is 5.19. The minimum Gasteiger partial charge on any atom is -0.252 e. The molecule has 0 amide bonds. The monoisotopic (exact) mass is 257 g/mol. The summed E-state index contributed by atoms with van der Waals surface area (Å²) in [4.78, 5) is 4.05. The minimum absolute atomic E-state index is 0. The summed E-state index contributed by atoms with van der Waals surface area (Å²) < 4.78 is 1.31. The van der Waals surface area contributed by atoms with Gasteiger partial charge in [0.05, 0.1) is 15.9 Å². The summed E-state index contributed by atoms with van der Waals surface area (Å²) in [6.07, 6.45) is 3.06. The van der Waals surface area contributed by atoms with Crippen LogP contribution in [0.1, 0.15) is 5.56 Å². The molecule has 0 spiro atoms. The van der Waals surface area contributed by atoms with E-state index in [2.05, 4.69) is 35.3 Å². The Kier molecular flexibility index (Phi) is 5.76. The zero-order chi connectivity index (χ0) is 9.64. The number of hydrogen-bond donors (Lipinski definition) is 0. The van der Waals surface area contributed by atoms with Crippen LogP contribution in [0.2, 0.25) is 0 Å². The number of hydrogen-bond acceptors (Lipinski definition) is 3. The van der Waals surface area contributed by atoms with Gasteiger partial charge in [0.15, 0.2) is 0 Å². The third-order valence-corrected chi connectivity index (χ3v) is 3.89. The molecule has 0 aliphatic heterocycles. The van der Waals surface area contributed by atoms with Crippen LogP contribution in [0.15, 0.2) is 46.2 Å². The summed E-state index contributed by atoms with van der Waals surface area (Å²) >= 11 is 3.59. The van der Waals surface area contributed by atoms with Gasteiger partial charge in [0, 0.05) is 5.75 Å². The highest BCUT2D eigenvalue weighted by Gasteiger charge is 1.96. The molecule has 0 saturated heterocycles. The largest absolute Gasteiger partial charge is 0.252 e. The summed E-state index contributed by atoms with van der Waals surface area (Å²) in [6, 6.07) is 10.6. The molecule has 0 aliphatic rings. The van der Waals surface area contributed by atoms with Crippen LogP contribution in [-0.4, -0.2) is 10.7 Å². The van der Waals surface area contributed by atoms with Crippen LogP contribution in [0.5, 0.6) is 0 Å². The van der Waals surface area contributed by atoms with Crippen molar-refractivity contribution in [3.8, 4) is 0 Å². The van der Waals surface area contributed by atoms with Gasteiger partial charge in [-0.05, 0) is 12.0 Å². The van der Waals surface area contributed by atoms with Crippen molar-refractivity contribution >= 4 is 35.5 Å². The van der Waals surface area contributed by atoms with Crippen LogP contribution in [0.3, 0.4) is 0 Å². The maximum absolute atomic E-state index is 4.05. The van der Waals surface area contributed by atoms with Crippen molar-refractivity contribution in [1.29, 1.82) is 0 Å². The topological polar surface area (TPSA) is 12.9 Å². The van der Waals surface area contributed by atoms with Gasteiger partial charge in [-0.15, -0.1) is 35.5 Å². The summed E-state index contributed by atoms with van der Waals surface area (Å²) in [5, 5.41) is 0. The molecule has 0 bridgehead atoms. The van der Waals surface area contributed by atoms with Gasteiger partial charge in [0.25, 0.3) is 0 Å². The van der Waals surface area contributed by atoms with Crippen LogP contribution in [0, 0.1) is 0 Å². The van der Waals surface area contributed by atoms with E-state index in [4.69, 9.17) is 0 Å². The van der Waals surface area contributed by atoms with E-state index >= 15 is 0 Å². The van der Waals surface area contributed by atoms with Gasteiger partial charge in [0.2, 0.25) is 0 Å². The van der Waals surface area contributed by atoms with Gasteiger partial charge in [-0.3, -0.25) is 4.98 Å². The van der Waals surface area contributed by atoms with Crippen molar-refractivity contribution < 1.29 is 0 Å². The predicted octanol–water partition coefficient (Wildman–Crippen LogP) is 3.90. The molecule has 1 aromatic carbocycles. The number of aryl methyl sites for hydroxylation is 1. The highest BCUT2D eigenvalue weighted by molar-refractivity contribution is 8.01. The Bertz CT molecular complexity index is 361. The van der Waals surface area contributed by atoms with Crippen molar-refractivity contribution in [2.24, 2.45) is 0 Å². The van der Waals surface area contributed by atoms with Gasteiger partial charge >= 0.3 is 0 Å². The molecular weight excluding hydrogens is 246 g/mol. The van der Waals surface area contributed by atoms with Gasteiger partial charge < -0.3 is 0 Å². The lowest BCUT2D eigenvalue weighted by atomic mass is 10.2. The Balaban J connectivity index is 0.00000112. The predicted molar refractivity (Wildman–Crippen MR) is 70.2 cm³/mol. The highest BCUT2D eigenvalue weighted by Crippen LogP contribution is 2.22. The van der Waals surface area contributed by atoms with Gasteiger partial charge in [-0.1, -0.05) is 30.3 Å². The molecule has 0 N–H and O–H groups in total. The lowest BCUT2D eigenvalue weighted by molar-refractivity contribution is 1.16. The van der Waals surface area contributed by atoms with E-state index in [1.165, 1.54) is 9.77 Å². The molecule has 0 radical (unpaired) electrons. The fraction of sp³-hybridized carbons (Fsp3) is 0.182. The smallest absolute Gasteiger partial charge is 0.0803 e. The zero-order valence-electron chi connectivity index (χ0n) is 8.13. The third kappa shape index (κ3) is 4.24. The molecule has 0 saturated carbocycles. The Labute approximate surface area is 104 Å². The number of halogens is 1. The molecule has 1 heterocycles. The second kappa shape index (κ2) is 6.88. The molecule has 1 nitrogen and oxygen atoms in total. The van der Waals surface area contributed by atoms with Crippen LogP contribution >= 0.6 is 35.5 Å². The number of aromatic nitrogens is 1. The number of thioether (sulfide) groups is 1. The molecular formula is C11H12ClNS2. The molecule has 80 valence electrons. The van der Waals surface area contributed by atoms with Crippen molar-refractivity contribution in [1.82, 2.24) is 4.98 Å². The second-order valence-electron chi connectivity index (χ2n) is 2.90. The Hall–Kier alpha value is -0.510. The minimum atomic E-state index is 0. The van der Waals surface area contributed by atoms with Crippen LogP contribution in [0.25, 0.3) is 0 Å². The van der Waals surface area contributed by atoms with E-state index in [0.717, 1.165) is 12.2 Å². The molecule has 0 atom stereocenters. The third-order valence-electron chi connectivity index (χ3n) is 1.89. The normalized spacial score (nSPS) is 9.60. The summed E-state index contributed by atoms with van der Waals surface area (Å²) in [6.45, 7) is 0. The van der Waals surface area contributed by atoms with Crippen molar-refractivity contribution in [2.45, 2.75) is 10.6 Å². The van der Waals surface area contributed by atoms with Gasteiger partial charge in [-0.25, -0.2) is 0 Å². The summed E-state index contributed by atoms with van der Waals surface area (Å²) in [5.41, 5.74) is 3.29. The molecule has 2 rings (SSSR count). The lowest BCUT2D eigenvalue weighted by Gasteiger charge is -1.98. The average Bonchev–Trinajstić information content (AvgIpc) is 2.72. The van der Waals surface area contributed by atoms with Gasteiger partial charge in [-0.2, -0.15) is 0 Å². The zero-order valence-corrected chi connectivity index (χ0v) is 10.6. The van der Waals surface area contributed by atoms with E-state index in [0.29, 0.717) is 0 Å². The lowest BCUT2D eigenvalue weighted by Crippen LogP contribution is -1.86. The number of rotatable bonds is 4. The fourth-order valence-electron chi connectivity index (χ4n) is 1.19. The number of benzene rings is 1. The van der Waals surface area contributed by atoms with E-state index < -0.39 is 0 Å². The van der Waals surface area contributed by atoms with E-state index in [1.807, 2.05) is 23.5 Å². The first-order valence-corrected chi connectivity index (χ1v) is 6.37. The summed E-state index contributed by atoms with van der Waals surface area (Å²) in [5.74, 6) is 1.13. The van der Waals surface area contributed by atoms with Crippen LogP contribution < -0.4 is 0 Å². The maximum Gasteiger partial charge on any atom is 0.0803 e. The molecule has 2 aromatic rings. The molecule has 0 unspecified atom stereocenters. The standard InChI is InChI=1S/C11H11NS2.ClH/c1-2-4-10(5-3-1)6-7-13-11-8-12-9-14-11;/h1-5,8-9H,6-7H2;1H. The maximum atomic E-state index is 4.05. The van der Waals surface area contributed by atoms with Crippen LogP contribution in [-0.2, 0) is 6.42 Å². The first-order chi connectivity index (χ1) is 6.95. The Morgan fingerprint density at radius 2 is 2.00 bits per heavy atom. The highest BCUT2D eigenvalue weighted by atomic mass is 35.5. The number of thiazole rings is 1. The number of nitrogens with zero attached hydrogens (tertiary/aromatic N) is 1. The molecule has 0 fully saturated rings. The SMILES string of the molecule is Cl.c1ccc(CCSc2cncs2)cc1. The van der Waals surface area contributed by atoms with Crippen LogP contribution in [0.4, 0.5) is 0 Å². The Morgan fingerprint density at radius 1 is 1.20 bits per heavy atom. The molecule has 15 heavy (non-hydrogen) atoms. The molecule has 4 heteroatoms.